The van der Waals surface area contributed by atoms with E-state index in [-0.39, 0.29) is 6.10 Å². The van der Waals surface area contributed by atoms with Crippen LogP contribution in [0.15, 0.2) is 30.7 Å². The van der Waals surface area contributed by atoms with Crippen LogP contribution in [-0.4, -0.2) is 80.9 Å². The number of ether oxygens (including phenoxy) is 1. The van der Waals surface area contributed by atoms with Gasteiger partial charge in [-0.1, -0.05) is 6.07 Å². The maximum atomic E-state index is 12.1. The quantitative estimate of drug-likeness (QED) is 0.281. The minimum Gasteiger partial charge on any atom is -0.480 e. The van der Waals surface area contributed by atoms with Crippen LogP contribution < -0.4 is 10.6 Å². The van der Waals surface area contributed by atoms with Crippen LogP contribution in [0.1, 0.15) is 43.9 Å². The molecule has 0 saturated carbocycles. The predicted octanol–water partition coefficient (Wildman–Crippen LogP) is 3.34. The van der Waals surface area contributed by atoms with E-state index < -0.39 is 12.0 Å². The molecule has 37 heavy (non-hydrogen) atoms. The number of methoxy groups -OCH3 is 1. The minimum atomic E-state index is -0.894. The summed E-state index contributed by atoms with van der Waals surface area (Å²) in [7, 11) is 3.61. The maximum Gasteiger partial charge on any atom is 0.326 e. The zero-order valence-corrected chi connectivity index (χ0v) is 22.1. The Bertz CT molecular complexity index is 1180. The smallest absolute Gasteiger partial charge is 0.326 e. The Morgan fingerprint density at radius 3 is 2.95 bits per heavy atom. The number of fused-ring (bicyclic) bond motifs is 2. The highest BCUT2D eigenvalue weighted by atomic mass is 16.5. The number of carboxylic acids is 1. The van der Waals surface area contributed by atoms with Gasteiger partial charge in [-0.05, 0) is 69.7 Å². The number of hydrogen-bond donors (Lipinski definition) is 3. The van der Waals surface area contributed by atoms with E-state index >= 15 is 0 Å². The van der Waals surface area contributed by atoms with Crippen molar-refractivity contribution in [3.05, 3.63) is 42.0 Å². The molecule has 1 aliphatic heterocycles. The van der Waals surface area contributed by atoms with Crippen molar-refractivity contribution in [1.82, 2.24) is 24.4 Å². The van der Waals surface area contributed by atoms with Crippen LogP contribution in [0.5, 0.6) is 0 Å². The summed E-state index contributed by atoms with van der Waals surface area (Å²) in [6.45, 7) is 5.30. The van der Waals surface area contributed by atoms with Crippen molar-refractivity contribution in [2.45, 2.75) is 57.6 Å². The molecule has 3 aromatic rings. The van der Waals surface area contributed by atoms with Gasteiger partial charge in [0.05, 0.1) is 11.5 Å². The SMILES string of the molecule is COC(C)CN(CCCCc1ccc2c(n1)NCCC2)CCC(Nc1ncnc2c1ccn2C)C(=O)O. The maximum absolute atomic E-state index is 12.1. The normalized spacial score (nSPS) is 14.8. The van der Waals surface area contributed by atoms with Gasteiger partial charge in [0.1, 0.15) is 29.7 Å². The van der Waals surface area contributed by atoms with Crippen molar-refractivity contribution in [3.8, 4) is 0 Å². The highest BCUT2D eigenvalue weighted by Crippen LogP contribution is 2.22. The van der Waals surface area contributed by atoms with Crippen LogP contribution in [0.25, 0.3) is 11.0 Å². The molecule has 0 aliphatic carbocycles. The number of anilines is 2. The molecule has 2 unspecified atom stereocenters. The Hall–Kier alpha value is -3.24. The molecule has 2 atom stereocenters. The first-order valence-electron chi connectivity index (χ1n) is 13.2. The zero-order valence-electron chi connectivity index (χ0n) is 22.1. The number of hydrogen-bond acceptors (Lipinski definition) is 8. The van der Waals surface area contributed by atoms with Crippen LogP contribution >= 0.6 is 0 Å². The fraction of sp³-hybridized carbons (Fsp3) is 0.556. The number of aryl methyl sites for hydroxylation is 3. The van der Waals surface area contributed by atoms with Crippen molar-refractivity contribution in [2.75, 3.05) is 43.9 Å². The molecule has 1 aliphatic rings. The fourth-order valence-electron chi connectivity index (χ4n) is 4.81. The molecular formula is C27H39N7O3. The summed E-state index contributed by atoms with van der Waals surface area (Å²) >= 11 is 0. The number of pyridine rings is 1. The first-order valence-corrected chi connectivity index (χ1v) is 13.2. The van der Waals surface area contributed by atoms with Crippen molar-refractivity contribution in [2.24, 2.45) is 7.05 Å². The van der Waals surface area contributed by atoms with Crippen LogP contribution in [0.4, 0.5) is 11.6 Å². The number of nitrogens with zero attached hydrogens (tertiary/aromatic N) is 5. The molecule has 10 nitrogen and oxygen atoms in total. The Morgan fingerprint density at radius 2 is 2.14 bits per heavy atom. The van der Waals surface area contributed by atoms with Crippen LogP contribution in [0.2, 0.25) is 0 Å². The predicted molar refractivity (Wildman–Crippen MR) is 145 cm³/mol. The van der Waals surface area contributed by atoms with Gasteiger partial charge in [0.15, 0.2) is 0 Å². The summed E-state index contributed by atoms with van der Waals surface area (Å²) in [6.07, 6.45) is 9.09. The molecule has 200 valence electrons. The lowest BCUT2D eigenvalue weighted by Gasteiger charge is -2.27. The van der Waals surface area contributed by atoms with E-state index in [1.165, 1.54) is 11.9 Å². The van der Waals surface area contributed by atoms with E-state index in [9.17, 15) is 9.90 Å². The van der Waals surface area contributed by atoms with Gasteiger partial charge in [-0.3, -0.25) is 0 Å². The molecule has 0 aromatic carbocycles. The number of aliphatic carboxylic acids is 1. The standard InChI is InChI=1S/C27H39N7O3/c1-19(37-3)17-34(14-5-4-8-21-10-9-20-7-6-13-28-24(20)31-21)16-12-23(27(35)36)32-25-22-11-15-33(2)26(22)30-18-29-25/h9-11,15,18-19,23H,4-8,12-14,16-17H2,1-3H3,(H,28,31)(H,35,36)(H,29,30,32). The second-order valence-corrected chi connectivity index (χ2v) is 9.85. The molecule has 3 N–H and O–H groups in total. The molecular weight excluding hydrogens is 470 g/mol. The number of aromatic nitrogens is 4. The van der Waals surface area contributed by atoms with E-state index in [2.05, 4.69) is 37.6 Å². The molecule has 3 aromatic heterocycles. The Kier molecular flexibility index (Phi) is 9.29. The molecule has 0 amide bonds. The van der Waals surface area contributed by atoms with E-state index in [1.54, 1.807) is 7.11 Å². The second-order valence-electron chi connectivity index (χ2n) is 9.85. The Balaban J connectivity index is 1.32. The molecule has 0 spiro atoms. The third kappa shape index (κ3) is 7.17. The summed E-state index contributed by atoms with van der Waals surface area (Å²) < 4.78 is 7.39. The van der Waals surface area contributed by atoms with E-state index in [0.717, 1.165) is 74.3 Å². The molecule has 0 saturated heterocycles. The summed E-state index contributed by atoms with van der Waals surface area (Å²) in [6, 6.07) is 5.49. The van der Waals surface area contributed by atoms with Gasteiger partial charge in [-0.25, -0.2) is 19.7 Å². The van der Waals surface area contributed by atoms with Crippen LogP contribution in [0.3, 0.4) is 0 Å². The van der Waals surface area contributed by atoms with Gasteiger partial charge in [-0.15, -0.1) is 0 Å². The number of carbonyl (C=O) groups is 1. The molecule has 10 heteroatoms. The number of unbranched alkanes of at least 4 members (excludes halogenated alkanes) is 1. The largest absolute Gasteiger partial charge is 0.480 e. The lowest BCUT2D eigenvalue weighted by Crippen LogP contribution is -2.38. The van der Waals surface area contributed by atoms with Gasteiger partial charge in [0.2, 0.25) is 0 Å². The van der Waals surface area contributed by atoms with Crippen molar-refractivity contribution in [1.29, 1.82) is 0 Å². The van der Waals surface area contributed by atoms with Crippen molar-refractivity contribution < 1.29 is 14.6 Å². The highest BCUT2D eigenvalue weighted by Gasteiger charge is 2.21. The average molecular weight is 510 g/mol. The number of carboxylic acid groups (broad SMARTS) is 1. The number of nitrogens with one attached hydrogen (secondary N) is 2. The summed E-state index contributed by atoms with van der Waals surface area (Å²) in [5.74, 6) is 0.694. The molecule has 0 radical (unpaired) electrons. The van der Waals surface area contributed by atoms with Crippen molar-refractivity contribution >= 4 is 28.6 Å². The van der Waals surface area contributed by atoms with Crippen molar-refractivity contribution in [3.63, 3.8) is 0 Å². The zero-order chi connectivity index (χ0) is 26.2. The fourth-order valence-corrected chi connectivity index (χ4v) is 4.81. The summed E-state index contributed by atoms with van der Waals surface area (Å²) in [5, 5.41) is 17.3. The highest BCUT2D eigenvalue weighted by molar-refractivity contribution is 5.89. The van der Waals surface area contributed by atoms with Crippen LogP contribution in [-0.2, 0) is 29.4 Å². The van der Waals surface area contributed by atoms with Gasteiger partial charge in [0.25, 0.3) is 0 Å². The summed E-state index contributed by atoms with van der Waals surface area (Å²) in [4.78, 5) is 27.8. The second kappa shape index (κ2) is 12.8. The minimum absolute atomic E-state index is 0.0652. The Labute approximate surface area is 218 Å². The Morgan fingerprint density at radius 1 is 1.27 bits per heavy atom. The molecule has 4 heterocycles. The molecule has 0 fully saturated rings. The van der Waals surface area contributed by atoms with Gasteiger partial charge >= 0.3 is 5.97 Å². The first-order chi connectivity index (χ1) is 17.9. The third-order valence-corrected chi connectivity index (χ3v) is 7.03. The number of rotatable bonds is 14. The topological polar surface area (TPSA) is 117 Å². The van der Waals surface area contributed by atoms with E-state index in [0.29, 0.717) is 18.8 Å². The summed E-state index contributed by atoms with van der Waals surface area (Å²) in [5.41, 5.74) is 3.20. The van der Waals surface area contributed by atoms with E-state index in [1.807, 2.05) is 30.8 Å². The molecule has 4 rings (SSSR count). The first kappa shape index (κ1) is 26.8. The average Bonchev–Trinajstić information content (AvgIpc) is 3.29. The monoisotopic (exact) mass is 509 g/mol. The van der Waals surface area contributed by atoms with Gasteiger partial charge in [0, 0.05) is 45.7 Å². The third-order valence-electron chi connectivity index (χ3n) is 7.03. The van der Waals surface area contributed by atoms with Gasteiger partial charge < -0.3 is 29.9 Å². The lowest BCUT2D eigenvalue weighted by atomic mass is 10.1. The van der Waals surface area contributed by atoms with Gasteiger partial charge in [-0.2, -0.15) is 0 Å². The van der Waals surface area contributed by atoms with E-state index in [4.69, 9.17) is 9.72 Å². The van der Waals surface area contributed by atoms with Crippen LogP contribution in [0, 0.1) is 0 Å². The molecule has 0 bridgehead atoms. The lowest BCUT2D eigenvalue weighted by molar-refractivity contribution is -0.138.